The number of nitrogens with zero attached hydrogens (tertiary/aromatic N) is 3. The van der Waals surface area contributed by atoms with Crippen LogP contribution < -0.4 is 11.1 Å². The number of pyridine rings is 1. The van der Waals surface area contributed by atoms with E-state index >= 15 is 0 Å². The highest BCUT2D eigenvalue weighted by molar-refractivity contribution is 5.98. The van der Waals surface area contributed by atoms with Crippen molar-refractivity contribution < 1.29 is 4.79 Å². The Kier molecular flexibility index (Phi) is 4.81. The Hall–Kier alpha value is -2.50. The van der Waals surface area contributed by atoms with Crippen LogP contribution in [0, 0.1) is 5.92 Å². The molecule has 110 valence electrons. The van der Waals surface area contributed by atoms with Crippen LogP contribution in [-0.2, 0) is 0 Å². The van der Waals surface area contributed by atoms with Gasteiger partial charge in [0.15, 0.2) is 5.82 Å². The number of nitrogens with one attached hydrogen (secondary N) is 1. The van der Waals surface area contributed by atoms with Crippen molar-refractivity contribution in [2.45, 2.75) is 20.3 Å². The second kappa shape index (κ2) is 6.78. The number of rotatable bonds is 5. The molecule has 2 aromatic rings. The van der Waals surface area contributed by atoms with Crippen molar-refractivity contribution in [1.29, 1.82) is 0 Å². The topological polar surface area (TPSA) is 93.8 Å². The molecule has 3 N–H and O–H groups in total. The van der Waals surface area contributed by atoms with Crippen molar-refractivity contribution in [2.75, 3.05) is 12.3 Å². The first-order valence-corrected chi connectivity index (χ1v) is 6.89. The second-order valence-electron chi connectivity index (χ2n) is 5.17. The molecular weight excluding hydrogens is 266 g/mol. The van der Waals surface area contributed by atoms with Crippen LogP contribution >= 0.6 is 0 Å². The van der Waals surface area contributed by atoms with Crippen LogP contribution in [0.3, 0.4) is 0 Å². The van der Waals surface area contributed by atoms with Gasteiger partial charge < -0.3 is 11.1 Å². The van der Waals surface area contributed by atoms with Crippen LogP contribution in [0.1, 0.15) is 30.6 Å². The van der Waals surface area contributed by atoms with E-state index in [1.807, 2.05) is 6.07 Å². The largest absolute Gasteiger partial charge is 0.383 e. The minimum Gasteiger partial charge on any atom is -0.383 e. The fourth-order valence-electron chi connectivity index (χ4n) is 1.77. The molecular formula is C15H19N5O. The summed E-state index contributed by atoms with van der Waals surface area (Å²) in [4.78, 5) is 24.4. The number of hydrogen-bond donors (Lipinski definition) is 2. The molecule has 2 heterocycles. The van der Waals surface area contributed by atoms with Gasteiger partial charge in [0.2, 0.25) is 0 Å². The molecule has 0 spiro atoms. The van der Waals surface area contributed by atoms with Crippen molar-refractivity contribution in [3.05, 3.63) is 36.3 Å². The Morgan fingerprint density at radius 2 is 2.19 bits per heavy atom. The Morgan fingerprint density at radius 1 is 1.38 bits per heavy atom. The highest BCUT2D eigenvalue weighted by Gasteiger charge is 2.13. The van der Waals surface area contributed by atoms with Gasteiger partial charge in [0.25, 0.3) is 5.91 Å². The quantitative estimate of drug-likeness (QED) is 0.875. The first-order chi connectivity index (χ1) is 10.1. The van der Waals surface area contributed by atoms with E-state index in [0.717, 1.165) is 12.0 Å². The Labute approximate surface area is 123 Å². The second-order valence-corrected chi connectivity index (χ2v) is 5.17. The molecule has 0 aromatic carbocycles. The summed E-state index contributed by atoms with van der Waals surface area (Å²) in [6.45, 7) is 4.82. The molecule has 0 aliphatic rings. The Morgan fingerprint density at radius 3 is 2.81 bits per heavy atom. The number of anilines is 1. The van der Waals surface area contributed by atoms with E-state index in [9.17, 15) is 4.79 Å². The number of carbonyl (C=O) groups is 1. The van der Waals surface area contributed by atoms with Gasteiger partial charge in [0.1, 0.15) is 5.82 Å². The third kappa shape index (κ3) is 3.98. The van der Waals surface area contributed by atoms with E-state index in [1.165, 1.54) is 6.20 Å². The van der Waals surface area contributed by atoms with Gasteiger partial charge >= 0.3 is 0 Å². The van der Waals surface area contributed by atoms with Gasteiger partial charge in [0.05, 0.1) is 5.56 Å². The van der Waals surface area contributed by atoms with Gasteiger partial charge in [-0.3, -0.25) is 9.78 Å². The minimum absolute atomic E-state index is 0.172. The summed E-state index contributed by atoms with van der Waals surface area (Å²) in [5.74, 6) is 0.919. The van der Waals surface area contributed by atoms with E-state index in [2.05, 4.69) is 34.1 Å². The van der Waals surface area contributed by atoms with Gasteiger partial charge in [-0.05, 0) is 24.5 Å². The van der Waals surface area contributed by atoms with E-state index in [1.54, 1.807) is 18.5 Å². The van der Waals surface area contributed by atoms with Crippen LogP contribution in [0.5, 0.6) is 0 Å². The van der Waals surface area contributed by atoms with Gasteiger partial charge in [-0.25, -0.2) is 9.97 Å². The van der Waals surface area contributed by atoms with Gasteiger partial charge in [0, 0.05) is 30.7 Å². The maximum atomic E-state index is 12.0. The molecule has 6 nitrogen and oxygen atoms in total. The molecule has 0 aliphatic carbocycles. The van der Waals surface area contributed by atoms with Gasteiger partial charge in [-0.15, -0.1) is 0 Å². The lowest BCUT2D eigenvalue weighted by molar-refractivity contribution is 0.0952. The van der Waals surface area contributed by atoms with Crippen LogP contribution in [-0.4, -0.2) is 27.4 Å². The van der Waals surface area contributed by atoms with Gasteiger partial charge in [-0.2, -0.15) is 0 Å². The molecule has 0 bridgehead atoms. The predicted octanol–water partition coefficient (Wildman–Crippen LogP) is 1.90. The lowest BCUT2D eigenvalue weighted by Crippen LogP contribution is -2.26. The molecule has 0 saturated heterocycles. The first-order valence-electron chi connectivity index (χ1n) is 6.89. The van der Waals surface area contributed by atoms with Gasteiger partial charge in [-0.1, -0.05) is 13.8 Å². The van der Waals surface area contributed by atoms with Crippen molar-refractivity contribution in [2.24, 2.45) is 5.92 Å². The zero-order chi connectivity index (χ0) is 15.2. The maximum absolute atomic E-state index is 12.0. The highest BCUT2D eigenvalue weighted by Crippen LogP contribution is 2.16. The standard InChI is InChI=1S/C15H19N5O/c1-10(2)5-7-18-15(21)12-9-19-14(20-13(12)16)11-4-3-6-17-8-11/h3-4,6,8-10H,5,7H2,1-2H3,(H,18,21)(H2,16,19,20). The molecule has 6 heteroatoms. The third-order valence-electron chi connectivity index (χ3n) is 2.99. The normalized spacial score (nSPS) is 10.6. The zero-order valence-corrected chi connectivity index (χ0v) is 12.2. The molecule has 0 atom stereocenters. The Bertz CT molecular complexity index is 613. The van der Waals surface area contributed by atoms with Crippen molar-refractivity contribution in [3.8, 4) is 11.4 Å². The van der Waals surface area contributed by atoms with Crippen LogP contribution in [0.4, 0.5) is 5.82 Å². The minimum atomic E-state index is -0.245. The third-order valence-corrected chi connectivity index (χ3v) is 2.99. The van der Waals surface area contributed by atoms with Crippen molar-refractivity contribution in [1.82, 2.24) is 20.3 Å². The summed E-state index contributed by atoms with van der Waals surface area (Å²) in [5.41, 5.74) is 6.92. The Balaban J connectivity index is 2.11. The van der Waals surface area contributed by atoms with Crippen molar-refractivity contribution in [3.63, 3.8) is 0 Å². The average Bonchev–Trinajstić information content (AvgIpc) is 2.47. The maximum Gasteiger partial charge on any atom is 0.256 e. The molecule has 1 amide bonds. The number of hydrogen-bond acceptors (Lipinski definition) is 5. The summed E-state index contributed by atoms with van der Waals surface area (Å²) >= 11 is 0. The number of carbonyl (C=O) groups excluding carboxylic acids is 1. The SMILES string of the molecule is CC(C)CCNC(=O)c1cnc(-c2cccnc2)nc1N. The fourth-order valence-corrected chi connectivity index (χ4v) is 1.77. The van der Waals surface area contributed by atoms with E-state index in [4.69, 9.17) is 5.73 Å². The number of amides is 1. The number of nitrogen functional groups attached to an aromatic ring is 1. The smallest absolute Gasteiger partial charge is 0.256 e. The lowest BCUT2D eigenvalue weighted by atomic mass is 10.1. The van der Waals surface area contributed by atoms with Crippen LogP contribution in [0.15, 0.2) is 30.7 Å². The van der Waals surface area contributed by atoms with E-state index in [-0.39, 0.29) is 11.7 Å². The summed E-state index contributed by atoms with van der Waals surface area (Å²) in [5, 5.41) is 2.82. The molecule has 2 rings (SSSR count). The summed E-state index contributed by atoms with van der Waals surface area (Å²) in [6, 6.07) is 3.63. The molecule has 0 aliphatic heterocycles. The number of aromatic nitrogens is 3. The van der Waals surface area contributed by atoms with E-state index in [0.29, 0.717) is 23.9 Å². The highest BCUT2D eigenvalue weighted by atomic mass is 16.1. The zero-order valence-electron chi connectivity index (χ0n) is 12.2. The molecule has 0 radical (unpaired) electrons. The summed E-state index contributed by atoms with van der Waals surface area (Å²) < 4.78 is 0. The van der Waals surface area contributed by atoms with Crippen molar-refractivity contribution >= 4 is 11.7 Å². The van der Waals surface area contributed by atoms with Crippen LogP contribution in [0.2, 0.25) is 0 Å². The lowest BCUT2D eigenvalue weighted by Gasteiger charge is -2.09. The molecule has 21 heavy (non-hydrogen) atoms. The molecule has 2 aromatic heterocycles. The summed E-state index contributed by atoms with van der Waals surface area (Å²) in [7, 11) is 0. The molecule has 0 unspecified atom stereocenters. The molecule has 0 fully saturated rings. The first kappa shape index (κ1) is 14.9. The van der Waals surface area contributed by atoms with Crippen LogP contribution in [0.25, 0.3) is 11.4 Å². The summed E-state index contributed by atoms with van der Waals surface area (Å²) in [6.07, 6.45) is 5.69. The monoisotopic (exact) mass is 285 g/mol. The average molecular weight is 285 g/mol. The predicted molar refractivity (Wildman–Crippen MR) is 81.5 cm³/mol. The molecule has 0 saturated carbocycles. The fraction of sp³-hybridized carbons (Fsp3) is 0.333. The number of nitrogens with two attached hydrogens (primary N) is 1. The van der Waals surface area contributed by atoms with E-state index < -0.39 is 0 Å².